The number of methoxy groups -OCH3 is 1. The highest BCUT2D eigenvalue weighted by atomic mass is 16.7. The van der Waals surface area contributed by atoms with Crippen molar-refractivity contribution in [1.29, 1.82) is 0 Å². The van der Waals surface area contributed by atoms with Crippen LogP contribution in [0.4, 0.5) is 0 Å². The molecule has 50 heavy (non-hydrogen) atoms. The Morgan fingerprint density at radius 1 is 0.960 bits per heavy atom. The number of cyclic esters (lactones) is 1. The number of carbonyl (C=O) groups is 1. The molecule has 0 radical (unpaired) electrons. The van der Waals surface area contributed by atoms with Gasteiger partial charge in [-0.25, -0.2) is 0 Å². The average molecular weight is 716 g/mol. The second kappa shape index (κ2) is 15.5. The van der Waals surface area contributed by atoms with Gasteiger partial charge in [-0.05, 0) is 81.0 Å². The van der Waals surface area contributed by atoms with Crippen LogP contribution in [0.5, 0.6) is 0 Å². The molecule has 3 saturated heterocycles. The number of carbonyl (C=O) groups excluding carboxylic acids is 1. The Morgan fingerprint density at radius 2 is 1.60 bits per heavy atom. The highest BCUT2D eigenvalue weighted by molar-refractivity contribution is 5.73. The number of aliphatic hydroxyl groups is 4. The monoisotopic (exact) mass is 715 g/mol. The molecule has 13 nitrogen and oxygen atoms in total. The van der Waals surface area contributed by atoms with Gasteiger partial charge in [0.2, 0.25) is 0 Å². The minimum atomic E-state index is -1.82. The predicted molar refractivity (Wildman–Crippen MR) is 184 cm³/mol. The molecular formula is C37H65NO12. The summed E-state index contributed by atoms with van der Waals surface area (Å²) in [6.07, 6.45) is -7.39. The zero-order valence-electron chi connectivity index (χ0n) is 32.4. The van der Waals surface area contributed by atoms with E-state index < -0.39 is 95.8 Å². The van der Waals surface area contributed by atoms with E-state index >= 15 is 0 Å². The molecule has 4 aliphatic heterocycles. The molecular weight excluding hydrogens is 650 g/mol. The number of hydrogen-bond donors (Lipinski definition) is 4. The Kier molecular flexibility index (Phi) is 12.8. The number of ether oxygens (including phenoxy) is 7. The lowest BCUT2D eigenvalue weighted by molar-refractivity contribution is -0.316. The van der Waals surface area contributed by atoms with Crippen LogP contribution in [-0.2, 0) is 38.0 Å². The van der Waals surface area contributed by atoms with Crippen molar-refractivity contribution in [2.75, 3.05) is 21.2 Å². The van der Waals surface area contributed by atoms with Crippen LogP contribution in [0.1, 0.15) is 94.9 Å². The molecule has 0 spiro atoms. The van der Waals surface area contributed by atoms with Crippen LogP contribution in [0.3, 0.4) is 0 Å². The quantitative estimate of drug-likeness (QED) is 0.285. The van der Waals surface area contributed by atoms with Crippen LogP contribution in [0, 0.1) is 17.8 Å². The standard InChI is InChI=1S/C37H65NO12/c1-14-25-37(10,43)30(40)20(4)28-18(2)16-36(9,50-28)32(49-34-27(39)24(38(11)12)15-19(3)45-34)21(5)29(22(6)33(42)47-25)48-26-17-35(8,44-13)31(41)23(7)46-26/h19-27,29-32,34,39-41,43H,14-17H2,1-13H3/t19?,20-,21-,22+,23?,24?,25?,26-,27+,29?,30?,31-,32+,34-,35+,36+,37+/m0/s1. The maximum atomic E-state index is 14.1. The SMILES string of the molecule is CCC1OC(=O)[C@H](C)C(O[C@H]2C[C@@](C)(OC)[C@@H](O)C(C)O2)[C@H](C)[C@@H](O[C@@H]2OC(C)CC(N(C)C)[C@H]2O)[C@@]2(C)CC(C)=C(O2)[C@H](C)C(O)[C@]1(C)O. The molecule has 0 saturated carbocycles. The molecule has 17 atom stereocenters. The van der Waals surface area contributed by atoms with E-state index in [1.165, 1.54) is 14.0 Å². The number of likely N-dealkylation sites (N-methyl/N-ethyl adjacent to an activating group) is 1. The molecule has 0 amide bonds. The first-order valence-electron chi connectivity index (χ1n) is 18.3. The first-order valence-corrected chi connectivity index (χ1v) is 18.3. The van der Waals surface area contributed by atoms with Crippen LogP contribution >= 0.6 is 0 Å². The van der Waals surface area contributed by atoms with E-state index in [9.17, 15) is 25.2 Å². The summed E-state index contributed by atoms with van der Waals surface area (Å²) in [5.41, 5.74) is -3.00. The first-order chi connectivity index (χ1) is 23.1. The predicted octanol–water partition coefficient (Wildman–Crippen LogP) is 2.89. The topological polar surface area (TPSA) is 166 Å². The van der Waals surface area contributed by atoms with Crippen LogP contribution in [-0.4, -0.2) is 137 Å². The highest BCUT2D eigenvalue weighted by Gasteiger charge is 2.56. The van der Waals surface area contributed by atoms with Crippen LogP contribution in [0.25, 0.3) is 0 Å². The van der Waals surface area contributed by atoms with Crippen LogP contribution < -0.4 is 0 Å². The Bertz CT molecular complexity index is 1210. The summed E-state index contributed by atoms with van der Waals surface area (Å²) in [5, 5.41) is 45.9. The Balaban J connectivity index is 1.84. The molecule has 3 fully saturated rings. The van der Waals surface area contributed by atoms with E-state index in [2.05, 4.69) is 0 Å². The summed E-state index contributed by atoms with van der Waals surface area (Å²) in [6, 6.07) is -0.235. The van der Waals surface area contributed by atoms with E-state index in [1.807, 2.05) is 46.7 Å². The number of esters is 1. The van der Waals surface area contributed by atoms with Gasteiger partial charge in [0.05, 0.1) is 35.9 Å². The van der Waals surface area contributed by atoms with Crippen LogP contribution in [0.2, 0.25) is 0 Å². The molecule has 0 aliphatic carbocycles. The molecule has 6 unspecified atom stereocenters. The van der Waals surface area contributed by atoms with E-state index in [0.717, 1.165) is 5.57 Å². The van der Waals surface area contributed by atoms with Crippen molar-refractivity contribution >= 4 is 5.97 Å². The van der Waals surface area contributed by atoms with Gasteiger partial charge < -0.3 is 58.5 Å². The lowest BCUT2D eigenvalue weighted by Gasteiger charge is -2.48. The lowest BCUT2D eigenvalue weighted by Crippen LogP contribution is -2.60. The van der Waals surface area contributed by atoms with Crippen molar-refractivity contribution in [2.45, 2.75) is 179 Å². The lowest BCUT2D eigenvalue weighted by atomic mass is 9.78. The second-order valence-corrected chi connectivity index (χ2v) is 16.3. The van der Waals surface area contributed by atoms with Gasteiger partial charge in [-0.15, -0.1) is 0 Å². The van der Waals surface area contributed by atoms with Crippen molar-refractivity contribution in [2.24, 2.45) is 17.8 Å². The van der Waals surface area contributed by atoms with Gasteiger partial charge in [0.1, 0.15) is 41.4 Å². The molecule has 0 aromatic heterocycles. The van der Waals surface area contributed by atoms with Crippen molar-refractivity contribution in [1.82, 2.24) is 4.90 Å². The Hall–Kier alpha value is -1.39. The van der Waals surface area contributed by atoms with E-state index in [1.54, 1.807) is 34.6 Å². The molecule has 290 valence electrons. The van der Waals surface area contributed by atoms with Gasteiger partial charge in [0, 0.05) is 37.8 Å². The molecule has 2 bridgehead atoms. The maximum Gasteiger partial charge on any atom is 0.311 e. The fraction of sp³-hybridized carbons (Fsp3) is 0.919. The summed E-state index contributed by atoms with van der Waals surface area (Å²) < 4.78 is 44.6. The molecule has 4 heterocycles. The largest absolute Gasteiger partial charge is 0.489 e. The van der Waals surface area contributed by atoms with Crippen LogP contribution in [0.15, 0.2) is 11.3 Å². The fourth-order valence-electron chi connectivity index (χ4n) is 8.73. The zero-order chi connectivity index (χ0) is 37.7. The number of rotatable bonds is 7. The minimum absolute atomic E-state index is 0.173. The third-order valence-corrected chi connectivity index (χ3v) is 12.0. The van der Waals surface area contributed by atoms with Gasteiger partial charge >= 0.3 is 5.97 Å². The molecule has 0 aromatic carbocycles. The van der Waals surface area contributed by atoms with Crippen molar-refractivity contribution in [3.05, 3.63) is 11.3 Å². The van der Waals surface area contributed by atoms with Gasteiger partial charge in [-0.3, -0.25) is 4.79 Å². The van der Waals surface area contributed by atoms with E-state index in [-0.39, 0.29) is 25.0 Å². The van der Waals surface area contributed by atoms with Crippen molar-refractivity contribution in [3.63, 3.8) is 0 Å². The van der Waals surface area contributed by atoms with Crippen molar-refractivity contribution in [3.8, 4) is 0 Å². The summed E-state index contributed by atoms with van der Waals surface area (Å²) in [7, 11) is 5.34. The molecule has 13 heteroatoms. The van der Waals surface area contributed by atoms with Gasteiger partial charge in [0.25, 0.3) is 0 Å². The number of fused-ring (bicyclic) bond motifs is 2. The maximum absolute atomic E-state index is 14.1. The zero-order valence-corrected chi connectivity index (χ0v) is 32.4. The smallest absolute Gasteiger partial charge is 0.311 e. The van der Waals surface area contributed by atoms with Crippen molar-refractivity contribution < 1.29 is 58.4 Å². The second-order valence-electron chi connectivity index (χ2n) is 16.3. The summed E-state index contributed by atoms with van der Waals surface area (Å²) in [5.74, 6) is -2.31. The number of hydrogen-bond acceptors (Lipinski definition) is 13. The summed E-state index contributed by atoms with van der Waals surface area (Å²) in [4.78, 5) is 16.1. The molecule has 0 aromatic rings. The third-order valence-electron chi connectivity index (χ3n) is 12.0. The minimum Gasteiger partial charge on any atom is -0.489 e. The average Bonchev–Trinajstić information content (AvgIpc) is 3.37. The number of aliphatic hydroxyl groups excluding tert-OH is 3. The highest BCUT2D eigenvalue weighted by Crippen LogP contribution is 2.47. The summed E-state index contributed by atoms with van der Waals surface area (Å²) in [6.45, 7) is 18.0. The fourth-order valence-corrected chi connectivity index (χ4v) is 8.73. The van der Waals surface area contributed by atoms with E-state index in [0.29, 0.717) is 18.6 Å². The van der Waals surface area contributed by atoms with Gasteiger partial charge in [-0.2, -0.15) is 0 Å². The van der Waals surface area contributed by atoms with Gasteiger partial charge in [-0.1, -0.05) is 20.8 Å². The van der Waals surface area contributed by atoms with E-state index in [4.69, 9.17) is 33.2 Å². The third kappa shape index (κ3) is 7.93. The van der Waals surface area contributed by atoms with Gasteiger partial charge in [0.15, 0.2) is 12.6 Å². The number of nitrogens with zero attached hydrogens (tertiary/aromatic N) is 1. The summed E-state index contributed by atoms with van der Waals surface area (Å²) >= 11 is 0. The first kappa shape index (κ1) is 41.4. The molecule has 4 aliphatic rings. The molecule has 4 rings (SSSR count). The Morgan fingerprint density at radius 3 is 2.18 bits per heavy atom. The Labute approximate surface area is 298 Å². The normalized spacial score (nSPS) is 49.5. The molecule has 4 N–H and O–H groups in total.